The van der Waals surface area contributed by atoms with Gasteiger partial charge in [-0.05, 0) is 25.8 Å². The molecule has 1 unspecified atom stereocenters. The van der Waals surface area contributed by atoms with Gasteiger partial charge in [-0.2, -0.15) is 0 Å². The standard InChI is InChI=1S/C13H17ClN2O3/c1-13(19-2)4-3-5-16(8-13)11-10(14)6-9(7-15-11)12(17)18/h6-7H,3-5,8H2,1-2H3,(H,17,18). The largest absolute Gasteiger partial charge is 0.478 e. The number of hydrogen-bond acceptors (Lipinski definition) is 4. The van der Waals surface area contributed by atoms with E-state index in [1.54, 1.807) is 7.11 Å². The highest BCUT2D eigenvalue weighted by atomic mass is 35.5. The summed E-state index contributed by atoms with van der Waals surface area (Å²) in [6.45, 7) is 3.60. The molecule has 2 rings (SSSR count). The molecule has 1 atom stereocenters. The average molecular weight is 285 g/mol. The van der Waals surface area contributed by atoms with E-state index in [0.29, 0.717) is 17.4 Å². The number of aromatic carboxylic acids is 1. The fourth-order valence-electron chi connectivity index (χ4n) is 2.33. The minimum absolute atomic E-state index is 0.0975. The SMILES string of the molecule is COC1(C)CCCN(c2ncc(C(=O)O)cc2Cl)C1. The lowest BCUT2D eigenvalue weighted by Crippen LogP contribution is -2.47. The first-order valence-electron chi connectivity index (χ1n) is 6.14. The molecular weight excluding hydrogens is 268 g/mol. The van der Waals surface area contributed by atoms with Crippen molar-refractivity contribution in [3.63, 3.8) is 0 Å². The summed E-state index contributed by atoms with van der Waals surface area (Å²) in [5, 5.41) is 9.26. The Labute approximate surface area is 117 Å². The molecule has 0 aromatic carbocycles. The second-order valence-electron chi connectivity index (χ2n) is 5.01. The van der Waals surface area contributed by atoms with Gasteiger partial charge < -0.3 is 14.7 Å². The molecule has 1 fully saturated rings. The second kappa shape index (κ2) is 5.35. The third-order valence-electron chi connectivity index (χ3n) is 3.52. The summed E-state index contributed by atoms with van der Waals surface area (Å²) >= 11 is 6.13. The Kier molecular flexibility index (Phi) is 3.96. The number of hydrogen-bond donors (Lipinski definition) is 1. The van der Waals surface area contributed by atoms with Gasteiger partial charge in [0.1, 0.15) is 5.82 Å². The van der Waals surface area contributed by atoms with Gasteiger partial charge in [0.2, 0.25) is 0 Å². The molecule has 1 aliphatic heterocycles. The van der Waals surface area contributed by atoms with E-state index >= 15 is 0 Å². The number of anilines is 1. The van der Waals surface area contributed by atoms with Gasteiger partial charge in [-0.25, -0.2) is 9.78 Å². The van der Waals surface area contributed by atoms with Gasteiger partial charge in [-0.1, -0.05) is 11.6 Å². The van der Waals surface area contributed by atoms with Crippen LogP contribution < -0.4 is 4.90 Å². The number of pyridine rings is 1. The topological polar surface area (TPSA) is 62.7 Å². The molecule has 5 nitrogen and oxygen atoms in total. The number of carboxylic acids is 1. The lowest BCUT2D eigenvalue weighted by atomic mass is 9.95. The molecule has 104 valence electrons. The van der Waals surface area contributed by atoms with Crippen LogP contribution in [0.25, 0.3) is 0 Å². The maximum absolute atomic E-state index is 10.9. The van der Waals surface area contributed by atoms with E-state index in [2.05, 4.69) is 11.9 Å². The zero-order valence-electron chi connectivity index (χ0n) is 11.0. The Morgan fingerprint density at radius 1 is 1.63 bits per heavy atom. The van der Waals surface area contributed by atoms with E-state index in [1.165, 1.54) is 12.3 Å². The summed E-state index contributed by atoms with van der Waals surface area (Å²) < 4.78 is 5.53. The molecule has 1 N–H and O–H groups in total. The van der Waals surface area contributed by atoms with Crippen LogP contribution in [0.5, 0.6) is 0 Å². The summed E-state index contributed by atoms with van der Waals surface area (Å²) in [7, 11) is 1.70. The Bertz CT molecular complexity index is 495. The van der Waals surface area contributed by atoms with Crippen molar-refractivity contribution in [2.45, 2.75) is 25.4 Å². The Morgan fingerprint density at radius 2 is 2.37 bits per heavy atom. The van der Waals surface area contributed by atoms with Crippen molar-refractivity contribution >= 4 is 23.4 Å². The summed E-state index contributed by atoms with van der Waals surface area (Å²) in [6, 6.07) is 1.44. The molecule has 0 aliphatic carbocycles. The first-order chi connectivity index (χ1) is 8.95. The number of carboxylic acid groups (broad SMARTS) is 1. The zero-order chi connectivity index (χ0) is 14.0. The number of piperidine rings is 1. The van der Waals surface area contributed by atoms with Gasteiger partial charge in [0.05, 0.1) is 16.2 Å². The number of carbonyl (C=O) groups is 1. The molecule has 1 aromatic heterocycles. The number of nitrogens with zero attached hydrogens (tertiary/aromatic N) is 2. The fraction of sp³-hybridized carbons (Fsp3) is 0.538. The van der Waals surface area contributed by atoms with Crippen molar-refractivity contribution in [3.05, 3.63) is 22.8 Å². The number of halogens is 1. The van der Waals surface area contributed by atoms with Crippen LogP contribution in [-0.2, 0) is 4.74 Å². The number of methoxy groups -OCH3 is 1. The molecule has 0 amide bonds. The van der Waals surface area contributed by atoms with Gasteiger partial charge in [-0.15, -0.1) is 0 Å². The lowest BCUT2D eigenvalue weighted by molar-refractivity contribution is -0.00481. The molecule has 6 heteroatoms. The van der Waals surface area contributed by atoms with Crippen molar-refractivity contribution < 1.29 is 14.6 Å². The van der Waals surface area contributed by atoms with Crippen LogP contribution in [-0.4, -0.2) is 41.9 Å². The van der Waals surface area contributed by atoms with Crippen LogP contribution in [0.4, 0.5) is 5.82 Å². The molecular formula is C13H17ClN2O3. The van der Waals surface area contributed by atoms with Gasteiger partial charge in [0, 0.05) is 26.4 Å². The maximum Gasteiger partial charge on any atom is 0.337 e. The second-order valence-corrected chi connectivity index (χ2v) is 5.42. The molecule has 0 radical (unpaired) electrons. The maximum atomic E-state index is 10.9. The number of rotatable bonds is 3. The van der Waals surface area contributed by atoms with Crippen LogP contribution in [0.15, 0.2) is 12.3 Å². The van der Waals surface area contributed by atoms with E-state index in [9.17, 15) is 4.79 Å². The average Bonchev–Trinajstić information content (AvgIpc) is 2.38. The first-order valence-corrected chi connectivity index (χ1v) is 6.52. The molecule has 19 heavy (non-hydrogen) atoms. The Morgan fingerprint density at radius 3 is 2.95 bits per heavy atom. The number of aromatic nitrogens is 1. The molecule has 0 spiro atoms. The normalized spacial score (nSPS) is 23.4. The monoisotopic (exact) mass is 284 g/mol. The van der Waals surface area contributed by atoms with E-state index in [4.69, 9.17) is 21.4 Å². The van der Waals surface area contributed by atoms with Crippen molar-refractivity contribution in [3.8, 4) is 0 Å². The highest BCUT2D eigenvalue weighted by Crippen LogP contribution is 2.31. The summed E-state index contributed by atoms with van der Waals surface area (Å²) in [5.74, 6) is -0.407. The molecule has 1 saturated heterocycles. The zero-order valence-corrected chi connectivity index (χ0v) is 11.8. The van der Waals surface area contributed by atoms with E-state index < -0.39 is 5.97 Å². The van der Waals surface area contributed by atoms with Crippen LogP contribution >= 0.6 is 11.6 Å². The van der Waals surface area contributed by atoms with Gasteiger partial charge in [0.15, 0.2) is 0 Å². The summed E-state index contributed by atoms with van der Waals surface area (Å²) in [6.07, 6.45) is 3.32. The minimum atomic E-state index is -1.03. The summed E-state index contributed by atoms with van der Waals surface area (Å²) in [5.41, 5.74) is -0.116. The molecule has 1 aromatic rings. The van der Waals surface area contributed by atoms with Gasteiger partial charge in [-0.3, -0.25) is 0 Å². The molecule has 0 bridgehead atoms. The number of ether oxygens (including phenoxy) is 1. The van der Waals surface area contributed by atoms with E-state index in [-0.39, 0.29) is 11.2 Å². The van der Waals surface area contributed by atoms with Crippen molar-refractivity contribution in [1.29, 1.82) is 0 Å². The summed E-state index contributed by atoms with van der Waals surface area (Å²) in [4.78, 5) is 17.1. The Balaban J connectivity index is 2.24. The van der Waals surface area contributed by atoms with Crippen LogP contribution in [0.1, 0.15) is 30.1 Å². The molecule has 2 heterocycles. The van der Waals surface area contributed by atoms with Crippen molar-refractivity contribution in [1.82, 2.24) is 4.98 Å². The Hall–Kier alpha value is -1.33. The quantitative estimate of drug-likeness (QED) is 0.924. The highest BCUT2D eigenvalue weighted by Gasteiger charge is 2.32. The lowest BCUT2D eigenvalue weighted by Gasteiger charge is -2.40. The predicted molar refractivity (Wildman–Crippen MR) is 73.1 cm³/mol. The third kappa shape index (κ3) is 2.98. The highest BCUT2D eigenvalue weighted by molar-refractivity contribution is 6.33. The molecule has 0 saturated carbocycles. The first kappa shape index (κ1) is 14.1. The third-order valence-corrected chi connectivity index (χ3v) is 3.80. The smallest absolute Gasteiger partial charge is 0.337 e. The van der Waals surface area contributed by atoms with Crippen LogP contribution in [0, 0.1) is 0 Å². The van der Waals surface area contributed by atoms with Gasteiger partial charge >= 0.3 is 5.97 Å². The predicted octanol–water partition coefficient (Wildman–Crippen LogP) is 2.44. The van der Waals surface area contributed by atoms with Crippen LogP contribution in [0.3, 0.4) is 0 Å². The van der Waals surface area contributed by atoms with E-state index in [0.717, 1.165) is 19.4 Å². The molecule has 1 aliphatic rings. The van der Waals surface area contributed by atoms with Crippen molar-refractivity contribution in [2.75, 3.05) is 25.1 Å². The fourth-order valence-corrected chi connectivity index (χ4v) is 2.62. The van der Waals surface area contributed by atoms with Crippen molar-refractivity contribution in [2.24, 2.45) is 0 Å². The van der Waals surface area contributed by atoms with Gasteiger partial charge in [0.25, 0.3) is 0 Å². The van der Waals surface area contributed by atoms with Crippen LogP contribution in [0.2, 0.25) is 5.02 Å². The minimum Gasteiger partial charge on any atom is -0.478 e. The van der Waals surface area contributed by atoms with E-state index in [1.807, 2.05) is 4.90 Å².